The van der Waals surface area contributed by atoms with Crippen LogP contribution in [-0.2, 0) is 14.3 Å². The van der Waals surface area contributed by atoms with Crippen LogP contribution in [0.3, 0.4) is 0 Å². The maximum atomic E-state index is 10.5. The van der Waals surface area contributed by atoms with Crippen LogP contribution in [0.15, 0.2) is 0 Å². The van der Waals surface area contributed by atoms with E-state index >= 15 is 0 Å². The fourth-order valence-electron chi connectivity index (χ4n) is 1.01. The van der Waals surface area contributed by atoms with Gasteiger partial charge in [-0.2, -0.15) is 0 Å². The lowest BCUT2D eigenvalue weighted by molar-refractivity contribution is -0.175. The van der Waals surface area contributed by atoms with Gasteiger partial charge in [0.05, 0.1) is 6.10 Å². The number of hydrogen-bond acceptors (Lipinski definition) is 6. The van der Waals surface area contributed by atoms with Gasteiger partial charge in [0, 0.05) is 0 Å². The van der Waals surface area contributed by atoms with Gasteiger partial charge in [0.25, 0.3) is 0 Å². The number of aliphatic hydroxyl groups excluding tert-OH is 3. The first-order chi connectivity index (χ1) is 7.31. The molecule has 16 heavy (non-hydrogen) atoms. The predicted molar refractivity (Wildman–Crippen MR) is 51.7 cm³/mol. The third-order valence-corrected chi connectivity index (χ3v) is 2.02. The molecule has 0 aliphatic rings. The molecule has 0 aliphatic heterocycles. The minimum atomic E-state index is -1.70. The van der Waals surface area contributed by atoms with Crippen molar-refractivity contribution in [1.29, 1.82) is 0 Å². The highest BCUT2D eigenvalue weighted by Gasteiger charge is 2.33. The number of aldehydes is 1. The average molecular weight is 236 g/mol. The zero-order chi connectivity index (χ0) is 12.9. The molecule has 0 heterocycles. The molecule has 0 aromatic carbocycles. The van der Waals surface area contributed by atoms with Gasteiger partial charge >= 0.3 is 5.97 Å². The lowest BCUT2D eigenvalue weighted by atomic mass is 10.0. The fourth-order valence-corrected chi connectivity index (χ4v) is 1.01. The largest absolute Gasteiger partial charge is 0.479 e. The third kappa shape index (κ3) is 4.23. The van der Waals surface area contributed by atoms with Gasteiger partial charge < -0.3 is 30.0 Å². The van der Waals surface area contributed by atoms with Gasteiger partial charge in [-0.1, -0.05) is 0 Å². The van der Waals surface area contributed by atoms with E-state index in [1.54, 1.807) is 0 Å². The Bertz CT molecular complexity index is 240. The van der Waals surface area contributed by atoms with Crippen LogP contribution in [0.4, 0.5) is 0 Å². The summed E-state index contributed by atoms with van der Waals surface area (Å²) in [6, 6.07) is 0. The van der Waals surface area contributed by atoms with Crippen molar-refractivity contribution in [2.24, 2.45) is 0 Å². The highest BCUT2D eigenvalue weighted by atomic mass is 16.5. The highest BCUT2D eigenvalue weighted by molar-refractivity contribution is 5.71. The summed E-state index contributed by atoms with van der Waals surface area (Å²) in [4.78, 5) is 20.9. The van der Waals surface area contributed by atoms with E-state index in [0.29, 0.717) is 0 Å². The number of carboxylic acids is 1. The molecule has 0 aromatic heterocycles. The Balaban J connectivity index is 4.67. The van der Waals surface area contributed by atoms with E-state index in [0.717, 1.165) is 0 Å². The number of rotatable bonds is 7. The topological polar surface area (TPSA) is 124 Å². The maximum absolute atomic E-state index is 10.5. The van der Waals surface area contributed by atoms with Crippen molar-refractivity contribution in [3.8, 4) is 0 Å². The van der Waals surface area contributed by atoms with Crippen LogP contribution < -0.4 is 0 Å². The molecule has 5 atom stereocenters. The van der Waals surface area contributed by atoms with E-state index < -0.39 is 36.5 Å². The van der Waals surface area contributed by atoms with Crippen molar-refractivity contribution < 1.29 is 34.8 Å². The van der Waals surface area contributed by atoms with Crippen LogP contribution in [0, 0.1) is 0 Å². The Hall–Kier alpha value is -1.02. The van der Waals surface area contributed by atoms with E-state index in [4.69, 9.17) is 14.9 Å². The summed E-state index contributed by atoms with van der Waals surface area (Å²) in [5, 5.41) is 36.3. The molecule has 0 rings (SSSR count). The summed E-state index contributed by atoms with van der Waals surface area (Å²) in [7, 11) is 0. The van der Waals surface area contributed by atoms with Crippen LogP contribution in [0.1, 0.15) is 13.8 Å². The number of carbonyl (C=O) groups excluding carboxylic acids is 1. The highest BCUT2D eigenvalue weighted by Crippen LogP contribution is 2.11. The molecule has 7 nitrogen and oxygen atoms in total. The predicted octanol–water partition coefficient (Wildman–Crippen LogP) is -1.85. The number of carboxylic acid groups (broad SMARTS) is 1. The van der Waals surface area contributed by atoms with Gasteiger partial charge in [-0.05, 0) is 13.8 Å². The van der Waals surface area contributed by atoms with Crippen LogP contribution in [-0.4, -0.2) is 63.2 Å². The Morgan fingerprint density at radius 2 is 1.75 bits per heavy atom. The molecule has 4 N–H and O–H groups in total. The standard InChI is InChI=1S/C9H16O7/c1-4(11)7(13)8(6(12)3-10)16-5(2)9(14)15/h3-8,11-13H,1-2H3,(H,14,15)/t4-,5+,6-,7-,8-/m0/s1. The van der Waals surface area contributed by atoms with Crippen molar-refractivity contribution in [2.45, 2.75) is 44.4 Å². The fraction of sp³-hybridized carbons (Fsp3) is 0.778. The molecule has 0 bridgehead atoms. The third-order valence-electron chi connectivity index (χ3n) is 2.02. The molecule has 0 saturated carbocycles. The zero-order valence-electron chi connectivity index (χ0n) is 8.98. The van der Waals surface area contributed by atoms with Gasteiger partial charge in [-0.3, -0.25) is 0 Å². The second-order valence-corrected chi connectivity index (χ2v) is 3.44. The first-order valence-corrected chi connectivity index (χ1v) is 4.69. The summed E-state index contributed by atoms with van der Waals surface area (Å²) in [6.07, 6.45) is -7.21. The number of ether oxygens (including phenoxy) is 1. The first-order valence-electron chi connectivity index (χ1n) is 4.69. The van der Waals surface area contributed by atoms with Crippen molar-refractivity contribution >= 4 is 12.3 Å². The van der Waals surface area contributed by atoms with Crippen LogP contribution in [0.25, 0.3) is 0 Å². The van der Waals surface area contributed by atoms with Gasteiger partial charge in [-0.25, -0.2) is 4.79 Å². The smallest absolute Gasteiger partial charge is 0.332 e. The number of aliphatic carboxylic acids is 1. The average Bonchev–Trinajstić information content (AvgIpc) is 2.23. The number of aliphatic hydroxyl groups is 3. The number of hydrogen-bond donors (Lipinski definition) is 4. The first kappa shape index (κ1) is 15.0. The Labute approximate surface area is 92.3 Å². The molecule has 0 aromatic rings. The molecular formula is C9H16O7. The van der Waals surface area contributed by atoms with Crippen LogP contribution in [0.2, 0.25) is 0 Å². The molecule has 0 spiro atoms. The van der Waals surface area contributed by atoms with Crippen molar-refractivity contribution in [1.82, 2.24) is 0 Å². The van der Waals surface area contributed by atoms with Gasteiger partial charge in [0.15, 0.2) is 12.4 Å². The molecule has 94 valence electrons. The monoisotopic (exact) mass is 236 g/mol. The van der Waals surface area contributed by atoms with Gasteiger partial charge in [0.2, 0.25) is 0 Å². The van der Waals surface area contributed by atoms with Crippen LogP contribution >= 0.6 is 0 Å². The summed E-state index contributed by atoms with van der Waals surface area (Å²) < 4.78 is 4.80. The Kier molecular flexibility index (Phi) is 6.12. The molecule has 0 amide bonds. The van der Waals surface area contributed by atoms with Crippen molar-refractivity contribution in [2.75, 3.05) is 0 Å². The van der Waals surface area contributed by atoms with Gasteiger partial charge in [0.1, 0.15) is 18.3 Å². The normalized spacial score (nSPS) is 20.6. The minimum absolute atomic E-state index is 0.102. The van der Waals surface area contributed by atoms with E-state index in [1.807, 2.05) is 0 Å². The summed E-state index contributed by atoms with van der Waals surface area (Å²) >= 11 is 0. The van der Waals surface area contributed by atoms with Crippen molar-refractivity contribution in [3.63, 3.8) is 0 Å². The lowest BCUT2D eigenvalue weighted by Gasteiger charge is -2.28. The van der Waals surface area contributed by atoms with Crippen LogP contribution in [0.5, 0.6) is 0 Å². The molecule has 0 radical (unpaired) electrons. The molecule has 0 saturated heterocycles. The Morgan fingerprint density at radius 1 is 1.25 bits per heavy atom. The Morgan fingerprint density at radius 3 is 2.06 bits per heavy atom. The van der Waals surface area contributed by atoms with E-state index in [9.17, 15) is 19.8 Å². The summed E-state index contributed by atoms with van der Waals surface area (Å²) in [5.74, 6) is -1.30. The summed E-state index contributed by atoms with van der Waals surface area (Å²) in [5.41, 5.74) is 0. The summed E-state index contributed by atoms with van der Waals surface area (Å²) in [6.45, 7) is 2.41. The van der Waals surface area contributed by atoms with E-state index in [2.05, 4.69) is 0 Å². The van der Waals surface area contributed by atoms with E-state index in [1.165, 1.54) is 13.8 Å². The minimum Gasteiger partial charge on any atom is -0.479 e. The molecule has 0 aliphatic carbocycles. The molecular weight excluding hydrogens is 220 g/mol. The second kappa shape index (κ2) is 6.54. The second-order valence-electron chi connectivity index (χ2n) is 3.44. The lowest BCUT2D eigenvalue weighted by Crippen LogP contribution is -2.48. The van der Waals surface area contributed by atoms with Gasteiger partial charge in [-0.15, -0.1) is 0 Å². The zero-order valence-corrected chi connectivity index (χ0v) is 8.98. The SMILES string of the molecule is C[C@H](O)[C@H](O)[C@@H](O[C@H](C)C(=O)O)[C@@H](O)C=O. The molecule has 0 fully saturated rings. The number of carbonyl (C=O) groups is 2. The van der Waals surface area contributed by atoms with E-state index in [-0.39, 0.29) is 6.29 Å². The van der Waals surface area contributed by atoms with Crippen molar-refractivity contribution in [3.05, 3.63) is 0 Å². The maximum Gasteiger partial charge on any atom is 0.332 e. The molecule has 7 heteroatoms. The quantitative estimate of drug-likeness (QED) is 0.382. The molecule has 0 unspecified atom stereocenters.